The number of hydrogen-bond acceptors (Lipinski definition) is 4. The van der Waals surface area contributed by atoms with E-state index in [4.69, 9.17) is 22.1 Å². The summed E-state index contributed by atoms with van der Waals surface area (Å²) in [7, 11) is -3.57. The number of hydrogen-bond donors (Lipinski definition) is 1. The molecule has 19 heavy (non-hydrogen) atoms. The highest BCUT2D eigenvalue weighted by Crippen LogP contribution is 2.28. The first kappa shape index (κ1) is 14.6. The molecule has 0 aromatic heterocycles. The van der Waals surface area contributed by atoms with E-state index in [0.717, 1.165) is 0 Å². The van der Waals surface area contributed by atoms with E-state index < -0.39 is 10.0 Å². The molecule has 0 amide bonds. The zero-order valence-electron chi connectivity index (χ0n) is 10.9. The lowest BCUT2D eigenvalue weighted by atomic mass is 10.2. The summed E-state index contributed by atoms with van der Waals surface area (Å²) < 4.78 is 31.8. The highest BCUT2D eigenvalue weighted by molar-refractivity contribution is 7.89. The monoisotopic (exact) mass is 304 g/mol. The zero-order valence-corrected chi connectivity index (χ0v) is 12.5. The molecule has 1 atom stereocenters. The minimum Gasteiger partial charge on any atom is -0.398 e. The lowest BCUT2D eigenvalue weighted by Gasteiger charge is -2.30. The number of nitrogens with two attached hydrogens (primary N) is 1. The van der Waals surface area contributed by atoms with Gasteiger partial charge in [0.25, 0.3) is 0 Å². The maximum Gasteiger partial charge on any atom is 0.243 e. The highest BCUT2D eigenvalue weighted by atomic mass is 35.5. The number of rotatable bonds is 2. The molecule has 1 unspecified atom stereocenters. The predicted molar refractivity (Wildman–Crippen MR) is 74.8 cm³/mol. The molecule has 1 aliphatic rings. The minimum atomic E-state index is -3.57. The summed E-state index contributed by atoms with van der Waals surface area (Å²) in [6.07, 6.45) is -0.109. The van der Waals surface area contributed by atoms with Crippen molar-refractivity contribution in [3.8, 4) is 0 Å². The van der Waals surface area contributed by atoms with Crippen LogP contribution < -0.4 is 5.73 Å². The Morgan fingerprint density at radius 1 is 1.47 bits per heavy atom. The molecule has 1 aromatic rings. The molecule has 7 heteroatoms. The summed E-state index contributed by atoms with van der Waals surface area (Å²) in [6.45, 7) is 4.68. The molecule has 0 spiro atoms. The summed E-state index contributed by atoms with van der Waals surface area (Å²) in [5, 5.41) is 0.361. The van der Waals surface area contributed by atoms with Crippen molar-refractivity contribution < 1.29 is 13.2 Å². The fourth-order valence-electron chi connectivity index (χ4n) is 1.98. The molecule has 106 valence electrons. The maximum atomic E-state index is 12.5. The normalized spacial score (nSPS) is 21.5. The van der Waals surface area contributed by atoms with Crippen LogP contribution in [0.25, 0.3) is 0 Å². The molecule has 0 bridgehead atoms. The summed E-state index contributed by atoms with van der Waals surface area (Å²) in [4.78, 5) is 0.134. The minimum absolute atomic E-state index is 0.109. The average molecular weight is 305 g/mol. The van der Waals surface area contributed by atoms with Crippen molar-refractivity contribution in [1.29, 1.82) is 0 Å². The van der Waals surface area contributed by atoms with Gasteiger partial charge >= 0.3 is 0 Å². The molecular formula is C12H17ClN2O3S. The van der Waals surface area contributed by atoms with Crippen LogP contribution in [-0.2, 0) is 14.8 Å². The van der Waals surface area contributed by atoms with Crippen molar-refractivity contribution in [3.05, 3.63) is 22.7 Å². The average Bonchev–Trinajstić information content (AvgIpc) is 2.35. The Labute approximate surface area is 118 Å². The second kappa shape index (κ2) is 5.28. The third-order valence-electron chi connectivity index (χ3n) is 3.20. The smallest absolute Gasteiger partial charge is 0.243 e. The van der Waals surface area contributed by atoms with Crippen LogP contribution in [0.1, 0.15) is 12.5 Å². The summed E-state index contributed by atoms with van der Waals surface area (Å²) in [5.41, 5.74) is 6.86. The van der Waals surface area contributed by atoms with Gasteiger partial charge in [-0.2, -0.15) is 4.31 Å². The van der Waals surface area contributed by atoms with Gasteiger partial charge in [0.1, 0.15) is 0 Å². The number of morpholine rings is 1. The fourth-order valence-corrected chi connectivity index (χ4v) is 3.83. The molecule has 2 rings (SSSR count). The largest absolute Gasteiger partial charge is 0.398 e. The quantitative estimate of drug-likeness (QED) is 0.843. The Hall–Kier alpha value is -0.820. The summed E-state index contributed by atoms with van der Waals surface area (Å²) in [6, 6.07) is 2.90. The molecule has 0 radical (unpaired) electrons. The van der Waals surface area contributed by atoms with Gasteiger partial charge in [-0.25, -0.2) is 8.42 Å². The SMILES string of the molecule is Cc1c(N)cc(S(=O)(=O)N2CCOC(C)C2)cc1Cl. The van der Waals surface area contributed by atoms with Gasteiger partial charge < -0.3 is 10.5 Å². The van der Waals surface area contributed by atoms with E-state index in [1.165, 1.54) is 16.4 Å². The molecular weight excluding hydrogens is 288 g/mol. The molecule has 0 aliphatic carbocycles. The molecule has 5 nitrogen and oxygen atoms in total. The van der Waals surface area contributed by atoms with Crippen LogP contribution in [-0.4, -0.2) is 38.5 Å². The van der Waals surface area contributed by atoms with Gasteiger partial charge in [0.15, 0.2) is 0 Å². The molecule has 1 fully saturated rings. The van der Waals surface area contributed by atoms with Crippen molar-refractivity contribution in [2.75, 3.05) is 25.4 Å². The topological polar surface area (TPSA) is 72.6 Å². The van der Waals surface area contributed by atoms with Gasteiger partial charge in [0, 0.05) is 23.8 Å². The van der Waals surface area contributed by atoms with E-state index in [-0.39, 0.29) is 11.0 Å². The first-order valence-electron chi connectivity index (χ1n) is 5.99. The van der Waals surface area contributed by atoms with Crippen LogP contribution >= 0.6 is 11.6 Å². The van der Waals surface area contributed by atoms with E-state index in [2.05, 4.69) is 0 Å². The molecule has 0 saturated carbocycles. The van der Waals surface area contributed by atoms with Crippen molar-refractivity contribution in [1.82, 2.24) is 4.31 Å². The Bertz CT molecular complexity index is 566. The standard InChI is InChI=1S/C12H17ClN2O3S/c1-8-7-15(3-4-18-8)19(16,17)10-5-11(13)9(2)12(14)6-10/h5-6,8H,3-4,7,14H2,1-2H3. The maximum absolute atomic E-state index is 12.5. The first-order chi connectivity index (χ1) is 8.82. The number of ether oxygens (including phenoxy) is 1. The molecule has 1 heterocycles. The Morgan fingerprint density at radius 3 is 2.74 bits per heavy atom. The van der Waals surface area contributed by atoms with Crippen LogP contribution in [0, 0.1) is 6.92 Å². The van der Waals surface area contributed by atoms with Gasteiger partial charge in [-0.3, -0.25) is 0 Å². The van der Waals surface area contributed by atoms with E-state index in [1.54, 1.807) is 6.92 Å². The lowest BCUT2D eigenvalue weighted by Crippen LogP contribution is -2.44. The third-order valence-corrected chi connectivity index (χ3v) is 5.44. The van der Waals surface area contributed by atoms with Crippen molar-refractivity contribution in [2.24, 2.45) is 0 Å². The van der Waals surface area contributed by atoms with Crippen molar-refractivity contribution >= 4 is 27.3 Å². The van der Waals surface area contributed by atoms with Gasteiger partial charge in [-0.1, -0.05) is 11.6 Å². The lowest BCUT2D eigenvalue weighted by molar-refractivity contribution is 0.0102. The van der Waals surface area contributed by atoms with Gasteiger partial charge in [-0.05, 0) is 31.5 Å². The Kier molecular flexibility index (Phi) is 4.06. The Balaban J connectivity index is 2.39. The van der Waals surface area contributed by atoms with Crippen molar-refractivity contribution in [3.63, 3.8) is 0 Å². The zero-order chi connectivity index (χ0) is 14.2. The van der Waals surface area contributed by atoms with Crippen LogP contribution in [0.15, 0.2) is 17.0 Å². The number of halogens is 1. The number of anilines is 1. The van der Waals surface area contributed by atoms with Crippen molar-refractivity contribution in [2.45, 2.75) is 24.8 Å². The first-order valence-corrected chi connectivity index (χ1v) is 7.81. The van der Waals surface area contributed by atoms with Crippen LogP contribution in [0.3, 0.4) is 0 Å². The Morgan fingerprint density at radius 2 is 2.16 bits per heavy atom. The van der Waals surface area contributed by atoms with E-state index in [0.29, 0.717) is 36.0 Å². The fraction of sp³-hybridized carbons (Fsp3) is 0.500. The number of benzene rings is 1. The molecule has 1 aliphatic heterocycles. The molecule has 1 saturated heterocycles. The van der Waals surface area contributed by atoms with Gasteiger partial charge in [-0.15, -0.1) is 0 Å². The van der Waals surface area contributed by atoms with Crippen LogP contribution in [0.4, 0.5) is 5.69 Å². The second-order valence-corrected chi connectivity index (χ2v) is 7.01. The number of nitrogens with zero attached hydrogens (tertiary/aromatic N) is 1. The van der Waals surface area contributed by atoms with E-state index >= 15 is 0 Å². The number of nitrogen functional groups attached to an aromatic ring is 1. The van der Waals surface area contributed by atoms with Gasteiger partial charge in [0.2, 0.25) is 10.0 Å². The molecule has 1 aromatic carbocycles. The number of sulfonamides is 1. The molecule has 2 N–H and O–H groups in total. The second-order valence-electron chi connectivity index (χ2n) is 4.66. The summed E-state index contributed by atoms with van der Waals surface area (Å²) in [5.74, 6) is 0. The third kappa shape index (κ3) is 2.86. The van der Waals surface area contributed by atoms with E-state index in [1.807, 2.05) is 6.92 Å². The predicted octanol–water partition coefficient (Wildman–Crippen LogP) is 1.64. The highest BCUT2D eigenvalue weighted by Gasteiger charge is 2.29. The van der Waals surface area contributed by atoms with Crippen LogP contribution in [0.2, 0.25) is 5.02 Å². The summed E-state index contributed by atoms with van der Waals surface area (Å²) >= 11 is 6.01. The van der Waals surface area contributed by atoms with E-state index in [9.17, 15) is 8.42 Å². The van der Waals surface area contributed by atoms with Crippen LogP contribution in [0.5, 0.6) is 0 Å². The van der Waals surface area contributed by atoms with Gasteiger partial charge in [0.05, 0.1) is 17.6 Å².